The van der Waals surface area contributed by atoms with E-state index < -0.39 is 18.2 Å². The number of anilines is 2. The number of likely N-dealkylation sites (N-methyl/N-ethyl adjacent to an activating group) is 1. The number of amides is 1. The molecule has 2 aliphatic rings. The first-order chi connectivity index (χ1) is 19.9. The average Bonchev–Trinajstić information content (AvgIpc) is 3.03. The van der Waals surface area contributed by atoms with Crippen molar-refractivity contribution in [2.45, 2.75) is 26.1 Å². The minimum absolute atomic E-state index is 0.219. The van der Waals surface area contributed by atoms with Crippen LogP contribution in [0.5, 0.6) is 0 Å². The van der Waals surface area contributed by atoms with Gasteiger partial charge in [0.15, 0.2) is 12.2 Å². The molecule has 1 N–H and O–H groups in total. The van der Waals surface area contributed by atoms with Gasteiger partial charge < -0.3 is 33.9 Å². The molecule has 2 atom stereocenters. The van der Waals surface area contributed by atoms with E-state index in [4.69, 9.17) is 28.9 Å². The highest BCUT2D eigenvalue weighted by Crippen LogP contribution is 2.25. The Bertz CT molecular complexity index is 1050. The standard InChI is InChI=1S/C16H24N2O4.C14H19NO4/c1-4-22-15(16(19)17(2)20-3)13-5-7-14(8-6-13)18-9-11-21-12-10-18;1-2-19-13(14(16)17)11-3-5-12(6-4-11)15-7-9-18-10-8-15/h5-8,15H,4,9-12H2,1-3H3;3-6,13H,2,7-10H2,1H3,(H,16,17). The minimum Gasteiger partial charge on any atom is -0.479 e. The number of benzene rings is 2. The molecule has 41 heavy (non-hydrogen) atoms. The van der Waals surface area contributed by atoms with Gasteiger partial charge in [-0.1, -0.05) is 24.3 Å². The number of carbonyl (C=O) groups excluding carboxylic acids is 1. The topological polar surface area (TPSA) is 110 Å². The summed E-state index contributed by atoms with van der Waals surface area (Å²) in [5.41, 5.74) is 3.72. The van der Waals surface area contributed by atoms with Crippen molar-refractivity contribution in [1.29, 1.82) is 0 Å². The van der Waals surface area contributed by atoms with Crippen LogP contribution in [0, 0.1) is 0 Å². The van der Waals surface area contributed by atoms with Gasteiger partial charge in [0.1, 0.15) is 0 Å². The molecule has 2 fully saturated rings. The fourth-order valence-electron chi connectivity index (χ4n) is 4.57. The fourth-order valence-corrected chi connectivity index (χ4v) is 4.57. The van der Waals surface area contributed by atoms with Gasteiger partial charge in [-0.2, -0.15) is 0 Å². The first-order valence-corrected chi connectivity index (χ1v) is 14.0. The summed E-state index contributed by atoms with van der Waals surface area (Å²) in [5, 5.41) is 10.3. The third-order valence-corrected chi connectivity index (χ3v) is 6.84. The number of ether oxygens (including phenoxy) is 4. The summed E-state index contributed by atoms with van der Waals surface area (Å²) in [4.78, 5) is 32.9. The molecule has 0 bridgehead atoms. The molecule has 0 radical (unpaired) electrons. The lowest BCUT2D eigenvalue weighted by molar-refractivity contribution is -0.181. The van der Waals surface area contributed by atoms with Crippen molar-refractivity contribution in [2.75, 3.05) is 89.8 Å². The molecule has 11 nitrogen and oxygen atoms in total. The smallest absolute Gasteiger partial charge is 0.337 e. The zero-order valence-electron chi connectivity index (χ0n) is 24.5. The quantitative estimate of drug-likeness (QED) is 0.402. The molecule has 1 amide bonds. The Labute approximate surface area is 242 Å². The average molecular weight is 574 g/mol. The van der Waals surface area contributed by atoms with Gasteiger partial charge in [-0.25, -0.2) is 9.86 Å². The molecule has 2 saturated heterocycles. The largest absolute Gasteiger partial charge is 0.479 e. The van der Waals surface area contributed by atoms with Crippen molar-refractivity contribution < 1.29 is 38.5 Å². The van der Waals surface area contributed by atoms with Crippen LogP contribution in [0.15, 0.2) is 48.5 Å². The third-order valence-electron chi connectivity index (χ3n) is 6.84. The molecular formula is C30H43N3O8. The van der Waals surface area contributed by atoms with Gasteiger partial charge in [-0.15, -0.1) is 0 Å². The number of hydrogen-bond donors (Lipinski definition) is 1. The van der Waals surface area contributed by atoms with E-state index in [0.29, 0.717) is 18.8 Å². The highest BCUT2D eigenvalue weighted by atomic mass is 16.7. The zero-order valence-corrected chi connectivity index (χ0v) is 24.5. The molecule has 0 aromatic heterocycles. The van der Waals surface area contributed by atoms with Gasteiger partial charge in [0.2, 0.25) is 0 Å². The van der Waals surface area contributed by atoms with Crippen LogP contribution in [-0.4, -0.2) is 102 Å². The van der Waals surface area contributed by atoms with Crippen LogP contribution < -0.4 is 9.80 Å². The van der Waals surface area contributed by atoms with Crippen molar-refractivity contribution in [3.05, 3.63) is 59.7 Å². The Morgan fingerprint density at radius 1 is 0.780 bits per heavy atom. The first kappa shape index (κ1) is 32.3. The number of rotatable bonds is 11. The fraction of sp³-hybridized carbons (Fsp3) is 0.533. The number of carboxylic acids is 1. The van der Waals surface area contributed by atoms with Gasteiger partial charge >= 0.3 is 5.97 Å². The van der Waals surface area contributed by atoms with Crippen molar-refractivity contribution in [1.82, 2.24) is 5.06 Å². The second kappa shape index (κ2) is 16.9. The molecule has 226 valence electrons. The van der Waals surface area contributed by atoms with Crippen molar-refractivity contribution in [2.24, 2.45) is 0 Å². The first-order valence-electron chi connectivity index (χ1n) is 14.0. The maximum atomic E-state index is 12.3. The Morgan fingerprint density at radius 2 is 1.17 bits per heavy atom. The summed E-state index contributed by atoms with van der Waals surface area (Å²) in [7, 11) is 3.04. The predicted octanol–water partition coefficient (Wildman–Crippen LogP) is 3.31. The lowest BCUT2D eigenvalue weighted by Crippen LogP contribution is -2.36. The van der Waals surface area contributed by atoms with E-state index in [-0.39, 0.29) is 5.91 Å². The summed E-state index contributed by atoms with van der Waals surface area (Å²) >= 11 is 0. The lowest BCUT2D eigenvalue weighted by atomic mass is 10.1. The maximum Gasteiger partial charge on any atom is 0.337 e. The van der Waals surface area contributed by atoms with E-state index >= 15 is 0 Å². The van der Waals surface area contributed by atoms with Crippen LogP contribution in [0.3, 0.4) is 0 Å². The lowest BCUT2D eigenvalue weighted by Gasteiger charge is -2.29. The summed E-state index contributed by atoms with van der Waals surface area (Å²) in [5.74, 6) is -1.18. The number of aliphatic carboxylic acids is 1. The van der Waals surface area contributed by atoms with Crippen LogP contribution in [0.2, 0.25) is 0 Å². The minimum atomic E-state index is -0.957. The molecule has 2 heterocycles. The molecule has 2 aromatic carbocycles. The van der Waals surface area contributed by atoms with Crippen LogP contribution in [0.1, 0.15) is 37.2 Å². The molecule has 4 rings (SSSR count). The maximum absolute atomic E-state index is 12.3. The highest BCUT2D eigenvalue weighted by molar-refractivity contribution is 5.81. The number of hydrogen-bond acceptors (Lipinski definition) is 9. The monoisotopic (exact) mass is 573 g/mol. The number of carbonyl (C=O) groups is 2. The summed E-state index contributed by atoms with van der Waals surface area (Å²) in [6, 6.07) is 15.4. The van der Waals surface area contributed by atoms with Gasteiger partial charge in [-0.05, 0) is 49.2 Å². The molecule has 2 aliphatic heterocycles. The van der Waals surface area contributed by atoms with Crippen molar-refractivity contribution >= 4 is 23.3 Å². The van der Waals surface area contributed by atoms with Gasteiger partial charge in [0.25, 0.3) is 5.91 Å². The highest BCUT2D eigenvalue weighted by Gasteiger charge is 2.25. The second-order valence-electron chi connectivity index (χ2n) is 9.41. The predicted molar refractivity (Wildman–Crippen MR) is 155 cm³/mol. The van der Waals surface area contributed by atoms with Crippen LogP contribution in [-0.2, 0) is 33.4 Å². The Morgan fingerprint density at radius 3 is 1.54 bits per heavy atom. The Hall–Kier alpha value is -3.22. The molecule has 0 saturated carbocycles. The van der Waals surface area contributed by atoms with E-state index in [2.05, 4.69) is 9.80 Å². The van der Waals surface area contributed by atoms with E-state index in [1.165, 1.54) is 12.2 Å². The molecule has 11 heteroatoms. The number of carboxylic acid groups (broad SMARTS) is 1. The van der Waals surface area contributed by atoms with Crippen molar-refractivity contribution in [3.8, 4) is 0 Å². The van der Waals surface area contributed by atoms with Gasteiger partial charge in [-0.3, -0.25) is 9.63 Å². The third kappa shape index (κ3) is 9.40. The Balaban J connectivity index is 0.000000228. The van der Waals surface area contributed by atoms with Crippen LogP contribution in [0.4, 0.5) is 11.4 Å². The van der Waals surface area contributed by atoms with E-state index in [1.54, 1.807) is 14.0 Å². The van der Waals surface area contributed by atoms with Crippen LogP contribution >= 0.6 is 0 Å². The van der Waals surface area contributed by atoms with E-state index in [1.807, 2.05) is 55.5 Å². The van der Waals surface area contributed by atoms with E-state index in [9.17, 15) is 9.59 Å². The summed E-state index contributed by atoms with van der Waals surface area (Å²) in [6.07, 6.45) is -1.53. The Kier molecular flexibility index (Phi) is 13.3. The summed E-state index contributed by atoms with van der Waals surface area (Å²) in [6.45, 7) is 11.0. The summed E-state index contributed by atoms with van der Waals surface area (Å²) < 4.78 is 21.5. The van der Waals surface area contributed by atoms with Gasteiger partial charge in [0.05, 0.1) is 33.5 Å². The molecule has 2 aromatic rings. The van der Waals surface area contributed by atoms with Crippen molar-refractivity contribution in [3.63, 3.8) is 0 Å². The SMILES string of the molecule is CCOC(C(=O)N(C)OC)c1ccc(N2CCOCC2)cc1.CCOC(C(=O)O)c1ccc(N2CCOCC2)cc1. The number of nitrogens with zero attached hydrogens (tertiary/aromatic N) is 3. The van der Waals surface area contributed by atoms with E-state index in [0.717, 1.165) is 69.5 Å². The molecule has 0 aliphatic carbocycles. The zero-order chi connectivity index (χ0) is 29.6. The number of morpholine rings is 2. The molecule has 0 spiro atoms. The van der Waals surface area contributed by atoms with Gasteiger partial charge in [0, 0.05) is 57.8 Å². The molecular weight excluding hydrogens is 530 g/mol. The normalized spacial score (nSPS) is 16.8. The molecule has 2 unspecified atom stereocenters. The second-order valence-corrected chi connectivity index (χ2v) is 9.41. The van der Waals surface area contributed by atoms with Crippen LogP contribution in [0.25, 0.3) is 0 Å². The number of hydroxylamine groups is 2.